The van der Waals surface area contributed by atoms with E-state index in [4.69, 9.17) is 0 Å². The number of benzene rings is 3. The van der Waals surface area contributed by atoms with E-state index in [1.54, 1.807) is 22.3 Å². The Hall–Kier alpha value is -3.38. The van der Waals surface area contributed by atoms with Gasteiger partial charge < -0.3 is 0 Å². The summed E-state index contributed by atoms with van der Waals surface area (Å²) < 4.78 is 0. The van der Waals surface area contributed by atoms with Crippen molar-refractivity contribution in [2.75, 3.05) is 0 Å². The topological polar surface area (TPSA) is 0 Å². The number of fused-ring (bicyclic) bond motifs is 1. The zero-order valence-corrected chi connectivity index (χ0v) is 20.9. The van der Waals surface area contributed by atoms with Crippen LogP contribution >= 0.6 is 0 Å². The molecule has 0 spiro atoms. The maximum Gasteiger partial charge on any atom is -0.00238 e. The van der Waals surface area contributed by atoms with Crippen LogP contribution in [0, 0.1) is 5.92 Å². The maximum absolute atomic E-state index is 2.52. The second-order valence-electron chi connectivity index (χ2n) is 11.4. The Labute approximate surface area is 213 Å². The fourth-order valence-corrected chi connectivity index (χ4v) is 7.58. The van der Waals surface area contributed by atoms with E-state index in [1.807, 2.05) is 0 Å². The molecule has 3 aromatic rings. The molecule has 0 heterocycles. The van der Waals surface area contributed by atoms with E-state index in [-0.39, 0.29) is 0 Å². The molecule has 0 fully saturated rings. The van der Waals surface area contributed by atoms with E-state index in [0.717, 1.165) is 12.8 Å². The van der Waals surface area contributed by atoms with Crippen LogP contribution in [0.5, 0.6) is 0 Å². The van der Waals surface area contributed by atoms with E-state index in [0.29, 0.717) is 5.92 Å². The quantitative estimate of drug-likeness (QED) is 0.355. The van der Waals surface area contributed by atoms with Crippen molar-refractivity contribution in [2.45, 2.75) is 57.8 Å². The van der Waals surface area contributed by atoms with Gasteiger partial charge in [0.1, 0.15) is 0 Å². The molecule has 0 aromatic heterocycles. The molecule has 3 aromatic carbocycles. The van der Waals surface area contributed by atoms with Crippen molar-refractivity contribution in [2.24, 2.45) is 5.92 Å². The van der Waals surface area contributed by atoms with E-state index >= 15 is 0 Å². The zero-order valence-electron chi connectivity index (χ0n) is 20.9. The van der Waals surface area contributed by atoms with E-state index in [2.05, 4.69) is 78.9 Å². The van der Waals surface area contributed by atoms with Gasteiger partial charge in [0.2, 0.25) is 0 Å². The molecule has 0 saturated carbocycles. The van der Waals surface area contributed by atoms with Crippen molar-refractivity contribution in [3.63, 3.8) is 0 Å². The first-order valence-corrected chi connectivity index (χ1v) is 14.0. The number of allylic oxidation sites excluding steroid dienone is 12. The average Bonchev–Trinajstić information content (AvgIpc) is 2.95. The van der Waals surface area contributed by atoms with Crippen LogP contribution in [0.15, 0.2) is 101 Å². The van der Waals surface area contributed by atoms with Crippen LogP contribution in [0.3, 0.4) is 0 Å². The number of hydrogen-bond acceptors (Lipinski definition) is 0. The average molecular weight is 465 g/mol. The van der Waals surface area contributed by atoms with Gasteiger partial charge in [-0.05, 0) is 135 Å². The summed E-state index contributed by atoms with van der Waals surface area (Å²) >= 11 is 0. The van der Waals surface area contributed by atoms with E-state index in [9.17, 15) is 0 Å². The van der Waals surface area contributed by atoms with Crippen LogP contribution < -0.4 is 5.22 Å². The molecule has 0 bridgehead atoms. The van der Waals surface area contributed by atoms with Crippen LogP contribution in [0.2, 0.25) is 0 Å². The Morgan fingerprint density at radius 1 is 0.667 bits per heavy atom. The van der Waals surface area contributed by atoms with Gasteiger partial charge in [-0.3, -0.25) is 0 Å². The third kappa shape index (κ3) is 3.13. The standard InChI is InChI=1S/C36H32/c1-3-7-27-21-29(11-9-23(27)5-1)31-17-13-25-16-20-34-32(18-14-26-15-19-33(31)35(25)36(26)34)30-12-10-24-6-2-4-8-28(24)22-30/h1-2,5-6,9,11,14-16,18-20,22,27H,3-4,7-8,10,12-13,17,21H2. The second-order valence-corrected chi connectivity index (χ2v) is 11.4. The molecule has 0 amide bonds. The highest BCUT2D eigenvalue weighted by Gasteiger charge is 2.25. The summed E-state index contributed by atoms with van der Waals surface area (Å²) in [6.45, 7) is 0. The molecule has 5 aliphatic rings. The predicted octanol–water partition coefficient (Wildman–Crippen LogP) is 8.86. The SMILES string of the molecule is C1=CC2=C(C=C(c3ccc4ccc5c6c(ccc3c46)CCC=5C3=CC=C4C=CCCC4C3)CC2)CC1. The van der Waals surface area contributed by atoms with Gasteiger partial charge in [0.15, 0.2) is 0 Å². The van der Waals surface area contributed by atoms with Gasteiger partial charge in [-0.1, -0.05) is 78.9 Å². The highest BCUT2D eigenvalue weighted by Crippen LogP contribution is 2.42. The second kappa shape index (κ2) is 8.07. The first-order chi connectivity index (χ1) is 17.8. The number of hydrogen-bond donors (Lipinski definition) is 0. The lowest BCUT2D eigenvalue weighted by Crippen LogP contribution is -2.19. The molecule has 0 heteroatoms. The molecule has 0 aliphatic heterocycles. The van der Waals surface area contributed by atoms with Crippen molar-refractivity contribution in [1.82, 2.24) is 0 Å². The zero-order chi connectivity index (χ0) is 23.6. The fraction of sp³-hybridized carbons (Fsp3) is 0.278. The minimum Gasteiger partial charge on any atom is -0.0842 e. The van der Waals surface area contributed by atoms with Gasteiger partial charge >= 0.3 is 0 Å². The summed E-state index contributed by atoms with van der Waals surface area (Å²) in [6.07, 6.45) is 27.6. The van der Waals surface area contributed by atoms with Crippen LogP contribution in [0.25, 0.3) is 32.7 Å². The Morgan fingerprint density at radius 3 is 2.61 bits per heavy atom. The minimum atomic E-state index is 0.707. The summed E-state index contributed by atoms with van der Waals surface area (Å²) in [5.74, 6) is 0.707. The van der Waals surface area contributed by atoms with Crippen molar-refractivity contribution in [3.8, 4) is 0 Å². The normalized spacial score (nSPS) is 22.9. The largest absolute Gasteiger partial charge is 0.0842 e. The first-order valence-electron chi connectivity index (χ1n) is 14.0. The number of aryl methyl sites for hydroxylation is 1. The smallest absolute Gasteiger partial charge is 0.00238 e. The van der Waals surface area contributed by atoms with E-state index < -0.39 is 0 Å². The van der Waals surface area contributed by atoms with Crippen molar-refractivity contribution in [1.29, 1.82) is 0 Å². The summed E-state index contributed by atoms with van der Waals surface area (Å²) in [6, 6.07) is 14.5. The third-order valence-corrected chi connectivity index (χ3v) is 9.43. The lowest BCUT2D eigenvalue weighted by Gasteiger charge is -2.29. The van der Waals surface area contributed by atoms with Crippen LogP contribution in [-0.4, -0.2) is 0 Å². The molecule has 36 heavy (non-hydrogen) atoms. The third-order valence-electron chi connectivity index (χ3n) is 9.43. The van der Waals surface area contributed by atoms with Gasteiger partial charge in [0.25, 0.3) is 0 Å². The molecule has 8 rings (SSSR count). The van der Waals surface area contributed by atoms with Gasteiger partial charge in [0, 0.05) is 0 Å². The first kappa shape index (κ1) is 20.8. The summed E-state index contributed by atoms with van der Waals surface area (Å²) in [5, 5.41) is 7.38. The minimum absolute atomic E-state index is 0.707. The van der Waals surface area contributed by atoms with Crippen LogP contribution in [0.4, 0.5) is 0 Å². The lowest BCUT2D eigenvalue weighted by atomic mass is 9.76. The summed E-state index contributed by atoms with van der Waals surface area (Å²) in [7, 11) is 0. The molecule has 0 nitrogen and oxygen atoms in total. The Bertz CT molecular complexity index is 1690. The van der Waals surface area contributed by atoms with Gasteiger partial charge in [0.05, 0.1) is 0 Å². The molecular formula is C36H32. The molecule has 1 unspecified atom stereocenters. The van der Waals surface area contributed by atoms with E-state index in [1.165, 1.54) is 94.0 Å². The molecular weight excluding hydrogens is 432 g/mol. The summed E-state index contributed by atoms with van der Waals surface area (Å²) in [4.78, 5) is 0. The van der Waals surface area contributed by atoms with Crippen LogP contribution in [0.1, 0.15) is 62.5 Å². The lowest BCUT2D eigenvalue weighted by molar-refractivity contribution is 0.556. The Balaban J connectivity index is 1.34. The molecule has 0 saturated heterocycles. The van der Waals surface area contributed by atoms with Crippen molar-refractivity contribution < 1.29 is 0 Å². The summed E-state index contributed by atoms with van der Waals surface area (Å²) in [5.41, 5.74) is 12.4. The van der Waals surface area contributed by atoms with Gasteiger partial charge in [-0.15, -0.1) is 0 Å². The molecule has 5 aliphatic carbocycles. The Kier molecular flexibility index (Phi) is 4.66. The van der Waals surface area contributed by atoms with Gasteiger partial charge in [-0.2, -0.15) is 0 Å². The molecule has 176 valence electrons. The highest BCUT2D eigenvalue weighted by atomic mass is 14.3. The van der Waals surface area contributed by atoms with Crippen molar-refractivity contribution >= 4 is 32.7 Å². The molecule has 1 atom stereocenters. The predicted molar refractivity (Wildman–Crippen MR) is 154 cm³/mol. The van der Waals surface area contributed by atoms with Crippen LogP contribution in [-0.2, 0) is 6.42 Å². The van der Waals surface area contributed by atoms with Crippen molar-refractivity contribution in [3.05, 3.63) is 118 Å². The monoisotopic (exact) mass is 464 g/mol. The van der Waals surface area contributed by atoms with Gasteiger partial charge in [-0.25, -0.2) is 0 Å². The highest BCUT2D eigenvalue weighted by molar-refractivity contribution is 6.15. The maximum atomic E-state index is 2.52. The molecule has 0 radical (unpaired) electrons. The number of rotatable bonds is 2. The fourth-order valence-electron chi connectivity index (χ4n) is 7.58. The Morgan fingerprint density at radius 2 is 1.61 bits per heavy atom. The molecule has 0 N–H and O–H groups in total.